The number of pyridine rings is 1. The van der Waals surface area contributed by atoms with Gasteiger partial charge >= 0.3 is 0 Å². The van der Waals surface area contributed by atoms with Gasteiger partial charge in [-0.15, -0.1) is 0 Å². The van der Waals surface area contributed by atoms with Gasteiger partial charge in [0.15, 0.2) is 0 Å². The van der Waals surface area contributed by atoms with Crippen molar-refractivity contribution < 1.29 is 0 Å². The standard InChI is InChI=1S/C13H18N4/c1-3-6-16-13-10(12-8-14-9-17-12)5-7-15-11(13)4-2/h5,7-9,16H,3-4,6H2,1-2H3,(H,14,17). The van der Waals surface area contributed by atoms with Crippen LogP contribution in [0.2, 0.25) is 0 Å². The van der Waals surface area contributed by atoms with E-state index in [2.05, 4.69) is 34.1 Å². The second-order valence-electron chi connectivity index (χ2n) is 3.93. The number of rotatable bonds is 5. The second kappa shape index (κ2) is 5.48. The van der Waals surface area contributed by atoms with Crippen molar-refractivity contribution in [3.63, 3.8) is 0 Å². The van der Waals surface area contributed by atoms with Crippen LogP contribution < -0.4 is 5.32 Å². The number of hydrogen-bond acceptors (Lipinski definition) is 3. The molecule has 2 N–H and O–H groups in total. The molecule has 0 saturated heterocycles. The van der Waals surface area contributed by atoms with Crippen LogP contribution in [0.4, 0.5) is 5.69 Å². The molecule has 0 amide bonds. The highest BCUT2D eigenvalue weighted by molar-refractivity contribution is 5.76. The fourth-order valence-corrected chi connectivity index (χ4v) is 1.85. The van der Waals surface area contributed by atoms with Crippen LogP contribution in [-0.2, 0) is 6.42 Å². The number of anilines is 1. The quantitative estimate of drug-likeness (QED) is 0.830. The van der Waals surface area contributed by atoms with Gasteiger partial charge in [-0.25, -0.2) is 4.98 Å². The molecule has 0 bridgehead atoms. The second-order valence-corrected chi connectivity index (χ2v) is 3.93. The molecule has 0 unspecified atom stereocenters. The summed E-state index contributed by atoms with van der Waals surface area (Å²) in [6.07, 6.45) is 7.41. The third-order valence-corrected chi connectivity index (χ3v) is 2.70. The average molecular weight is 230 g/mol. The highest BCUT2D eigenvalue weighted by Gasteiger charge is 2.10. The molecule has 0 atom stereocenters. The first-order valence-electron chi connectivity index (χ1n) is 6.07. The fourth-order valence-electron chi connectivity index (χ4n) is 1.85. The minimum Gasteiger partial charge on any atom is -0.383 e. The van der Waals surface area contributed by atoms with Crippen LogP contribution in [0, 0.1) is 0 Å². The SMILES string of the molecule is CCCNc1c(-c2cnc[nH]2)ccnc1CC. The van der Waals surface area contributed by atoms with Gasteiger partial charge in [0.25, 0.3) is 0 Å². The largest absolute Gasteiger partial charge is 0.383 e. The Balaban J connectivity index is 2.43. The van der Waals surface area contributed by atoms with Crippen molar-refractivity contribution >= 4 is 5.69 Å². The fraction of sp³-hybridized carbons (Fsp3) is 0.385. The van der Waals surface area contributed by atoms with E-state index in [0.717, 1.165) is 42.0 Å². The molecule has 4 heteroatoms. The predicted molar refractivity (Wildman–Crippen MR) is 70.0 cm³/mol. The Morgan fingerprint density at radius 3 is 2.88 bits per heavy atom. The Bertz CT molecular complexity index is 462. The molecule has 2 aromatic rings. The Morgan fingerprint density at radius 2 is 2.24 bits per heavy atom. The van der Waals surface area contributed by atoms with Crippen molar-refractivity contribution in [2.75, 3.05) is 11.9 Å². The highest BCUT2D eigenvalue weighted by atomic mass is 14.9. The molecule has 2 aromatic heterocycles. The minimum atomic E-state index is 0.925. The number of imidazole rings is 1. The molecule has 0 saturated carbocycles. The maximum absolute atomic E-state index is 4.42. The topological polar surface area (TPSA) is 53.6 Å². The predicted octanol–water partition coefficient (Wildman–Crippen LogP) is 2.86. The van der Waals surface area contributed by atoms with Gasteiger partial charge in [0.1, 0.15) is 0 Å². The van der Waals surface area contributed by atoms with Crippen LogP contribution in [0.25, 0.3) is 11.3 Å². The Labute approximate surface area is 102 Å². The molecular weight excluding hydrogens is 212 g/mol. The molecule has 0 spiro atoms. The molecule has 2 heterocycles. The van der Waals surface area contributed by atoms with Gasteiger partial charge in [-0.2, -0.15) is 0 Å². The van der Waals surface area contributed by atoms with Crippen LogP contribution in [0.5, 0.6) is 0 Å². The molecule has 0 radical (unpaired) electrons. The molecule has 90 valence electrons. The maximum atomic E-state index is 4.42. The van der Waals surface area contributed by atoms with Crippen molar-refractivity contribution in [1.82, 2.24) is 15.0 Å². The van der Waals surface area contributed by atoms with Gasteiger partial charge in [-0.1, -0.05) is 13.8 Å². The number of nitrogens with zero attached hydrogens (tertiary/aromatic N) is 2. The van der Waals surface area contributed by atoms with Gasteiger partial charge in [0, 0.05) is 18.3 Å². The zero-order valence-electron chi connectivity index (χ0n) is 10.3. The van der Waals surface area contributed by atoms with Crippen molar-refractivity contribution in [1.29, 1.82) is 0 Å². The van der Waals surface area contributed by atoms with Gasteiger partial charge in [0.05, 0.1) is 29.6 Å². The maximum Gasteiger partial charge on any atom is 0.0924 e. The van der Waals surface area contributed by atoms with E-state index in [1.54, 1.807) is 6.33 Å². The van der Waals surface area contributed by atoms with Crippen molar-refractivity contribution in [3.8, 4) is 11.3 Å². The van der Waals surface area contributed by atoms with Crippen LogP contribution >= 0.6 is 0 Å². The summed E-state index contributed by atoms with van der Waals surface area (Å²) >= 11 is 0. The van der Waals surface area contributed by atoms with E-state index in [1.807, 2.05) is 18.5 Å². The molecule has 0 aliphatic rings. The van der Waals surface area contributed by atoms with E-state index in [4.69, 9.17) is 0 Å². The molecule has 0 aliphatic heterocycles. The summed E-state index contributed by atoms with van der Waals surface area (Å²) in [5.74, 6) is 0. The molecule has 17 heavy (non-hydrogen) atoms. The summed E-state index contributed by atoms with van der Waals surface area (Å²) in [4.78, 5) is 11.6. The van der Waals surface area contributed by atoms with Crippen LogP contribution in [0.3, 0.4) is 0 Å². The van der Waals surface area contributed by atoms with Gasteiger partial charge in [0.2, 0.25) is 0 Å². The van der Waals surface area contributed by atoms with E-state index >= 15 is 0 Å². The molecule has 0 fully saturated rings. The number of H-pyrrole nitrogens is 1. The molecule has 0 aromatic carbocycles. The smallest absolute Gasteiger partial charge is 0.0924 e. The molecule has 2 rings (SSSR count). The minimum absolute atomic E-state index is 0.925. The van der Waals surface area contributed by atoms with Gasteiger partial charge < -0.3 is 10.3 Å². The van der Waals surface area contributed by atoms with Crippen LogP contribution in [0.15, 0.2) is 24.8 Å². The Morgan fingerprint density at radius 1 is 1.35 bits per heavy atom. The normalized spacial score (nSPS) is 10.5. The number of hydrogen-bond donors (Lipinski definition) is 2. The zero-order chi connectivity index (χ0) is 12.1. The Hall–Kier alpha value is -1.84. The summed E-state index contributed by atoms with van der Waals surface area (Å²) in [6.45, 7) is 5.24. The lowest BCUT2D eigenvalue weighted by Crippen LogP contribution is -2.06. The van der Waals surface area contributed by atoms with E-state index in [-0.39, 0.29) is 0 Å². The molecular formula is C13H18N4. The van der Waals surface area contributed by atoms with Gasteiger partial charge in [-0.05, 0) is 18.9 Å². The van der Waals surface area contributed by atoms with Crippen molar-refractivity contribution in [2.24, 2.45) is 0 Å². The van der Waals surface area contributed by atoms with Gasteiger partial charge in [-0.3, -0.25) is 4.98 Å². The monoisotopic (exact) mass is 230 g/mol. The van der Waals surface area contributed by atoms with Crippen LogP contribution in [-0.4, -0.2) is 21.5 Å². The van der Waals surface area contributed by atoms with Crippen molar-refractivity contribution in [2.45, 2.75) is 26.7 Å². The third-order valence-electron chi connectivity index (χ3n) is 2.70. The van der Waals surface area contributed by atoms with E-state index < -0.39 is 0 Å². The molecule has 0 aliphatic carbocycles. The summed E-state index contributed by atoms with van der Waals surface area (Å²) in [6, 6.07) is 2.02. The van der Waals surface area contributed by atoms with Crippen molar-refractivity contribution in [3.05, 3.63) is 30.5 Å². The average Bonchev–Trinajstić information content (AvgIpc) is 2.89. The Kier molecular flexibility index (Phi) is 3.75. The third kappa shape index (κ3) is 2.46. The first kappa shape index (κ1) is 11.6. The summed E-state index contributed by atoms with van der Waals surface area (Å²) in [5.41, 5.74) is 4.40. The first-order chi connectivity index (χ1) is 8.36. The number of nitrogens with one attached hydrogen (secondary N) is 2. The zero-order valence-corrected chi connectivity index (χ0v) is 10.3. The first-order valence-corrected chi connectivity index (χ1v) is 6.07. The molecule has 4 nitrogen and oxygen atoms in total. The van der Waals surface area contributed by atoms with E-state index in [9.17, 15) is 0 Å². The summed E-state index contributed by atoms with van der Waals surface area (Å²) < 4.78 is 0. The highest BCUT2D eigenvalue weighted by Crippen LogP contribution is 2.28. The number of aryl methyl sites for hydroxylation is 1. The van der Waals surface area contributed by atoms with E-state index in [0.29, 0.717) is 0 Å². The lowest BCUT2D eigenvalue weighted by Gasteiger charge is -2.13. The lowest BCUT2D eigenvalue weighted by molar-refractivity contribution is 0.959. The summed E-state index contributed by atoms with van der Waals surface area (Å²) in [7, 11) is 0. The summed E-state index contributed by atoms with van der Waals surface area (Å²) in [5, 5.41) is 3.46. The lowest BCUT2D eigenvalue weighted by atomic mass is 10.1. The van der Waals surface area contributed by atoms with E-state index in [1.165, 1.54) is 0 Å². The number of aromatic nitrogens is 3. The van der Waals surface area contributed by atoms with Crippen LogP contribution in [0.1, 0.15) is 26.0 Å². The number of aromatic amines is 1.